The van der Waals surface area contributed by atoms with Crippen LogP contribution in [0.4, 0.5) is 0 Å². The van der Waals surface area contributed by atoms with Crippen LogP contribution in [0, 0.1) is 0 Å². The summed E-state index contributed by atoms with van der Waals surface area (Å²) in [6, 6.07) is 3.90. The summed E-state index contributed by atoms with van der Waals surface area (Å²) in [6.45, 7) is 3.04. The largest absolute Gasteiger partial charge is 0.453 e. The molecule has 0 aromatic carbocycles. The van der Waals surface area contributed by atoms with Crippen molar-refractivity contribution in [1.29, 1.82) is 0 Å². The van der Waals surface area contributed by atoms with Crippen LogP contribution >= 0.6 is 11.6 Å². The van der Waals surface area contributed by atoms with Crippen LogP contribution in [-0.4, -0.2) is 16.3 Å². The molecule has 0 saturated carbocycles. The Balaban J connectivity index is 2.32. The maximum atomic E-state index is 6.05. The minimum atomic E-state index is 0.0219. The number of aromatic nitrogens is 2. The molecule has 0 amide bonds. The van der Waals surface area contributed by atoms with Crippen molar-refractivity contribution in [3.05, 3.63) is 41.1 Å². The van der Waals surface area contributed by atoms with Gasteiger partial charge in [0.15, 0.2) is 5.22 Å². The normalized spacial score (nSPS) is 12.9. The molecule has 5 heteroatoms. The Morgan fingerprint density at radius 3 is 2.88 bits per heavy atom. The fourth-order valence-corrected chi connectivity index (χ4v) is 2.06. The van der Waals surface area contributed by atoms with E-state index in [9.17, 15) is 0 Å². The molecule has 0 bridgehead atoms. The van der Waals surface area contributed by atoms with E-state index in [4.69, 9.17) is 16.0 Å². The van der Waals surface area contributed by atoms with Gasteiger partial charge in [0, 0.05) is 18.8 Å². The van der Waals surface area contributed by atoms with Crippen molar-refractivity contribution in [2.24, 2.45) is 7.05 Å². The van der Waals surface area contributed by atoms with Crippen molar-refractivity contribution in [1.82, 2.24) is 15.1 Å². The first-order chi connectivity index (χ1) is 8.24. The number of aryl methyl sites for hydroxylation is 1. The number of nitrogens with one attached hydrogen (secondary N) is 1. The Labute approximate surface area is 106 Å². The molecular formula is C12H16ClN3O. The van der Waals surface area contributed by atoms with Gasteiger partial charge < -0.3 is 9.73 Å². The summed E-state index contributed by atoms with van der Waals surface area (Å²) in [5.41, 5.74) is 2.02. The van der Waals surface area contributed by atoms with Crippen LogP contribution in [0.15, 0.2) is 29.0 Å². The van der Waals surface area contributed by atoms with E-state index in [0.29, 0.717) is 5.22 Å². The summed E-state index contributed by atoms with van der Waals surface area (Å²) < 4.78 is 7.00. The van der Waals surface area contributed by atoms with E-state index >= 15 is 0 Å². The molecular weight excluding hydrogens is 238 g/mol. The molecule has 2 aromatic heterocycles. The maximum Gasteiger partial charge on any atom is 0.198 e. The van der Waals surface area contributed by atoms with Gasteiger partial charge in [0.1, 0.15) is 0 Å². The molecule has 0 aliphatic heterocycles. The fraction of sp³-hybridized carbons (Fsp3) is 0.417. The van der Waals surface area contributed by atoms with Crippen LogP contribution in [-0.2, 0) is 7.05 Å². The zero-order valence-corrected chi connectivity index (χ0v) is 10.7. The first-order valence-corrected chi connectivity index (χ1v) is 6.06. The molecule has 0 fully saturated rings. The summed E-state index contributed by atoms with van der Waals surface area (Å²) in [5.74, 6) is 0. The van der Waals surface area contributed by atoms with E-state index in [-0.39, 0.29) is 6.04 Å². The molecule has 2 aromatic rings. The number of halogens is 1. The maximum absolute atomic E-state index is 6.05. The van der Waals surface area contributed by atoms with Crippen LogP contribution in [0.1, 0.15) is 30.6 Å². The van der Waals surface area contributed by atoms with Crippen LogP contribution in [0.25, 0.3) is 0 Å². The average Bonchev–Trinajstić information content (AvgIpc) is 2.90. The van der Waals surface area contributed by atoms with E-state index < -0.39 is 0 Å². The minimum Gasteiger partial charge on any atom is -0.453 e. The monoisotopic (exact) mass is 253 g/mol. The lowest BCUT2D eigenvalue weighted by Crippen LogP contribution is -2.25. The highest BCUT2D eigenvalue weighted by molar-refractivity contribution is 6.29. The molecule has 92 valence electrons. The van der Waals surface area contributed by atoms with Crippen LogP contribution in [0.2, 0.25) is 5.22 Å². The van der Waals surface area contributed by atoms with Crippen molar-refractivity contribution >= 4 is 11.6 Å². The van der Waals surface area contributed by atoms with Crippen molar-refractivity contribution in [3.8, 4) is 0 Å². The quantitative estimate of drug-likeness (QED) is 0.891. The highest BCUT2D eigenvalue weighted by atomic mass is 35.5. The molecule has 1 unspecified atom stereocenters. The van der Waals surface area contributed by atoms with E-state index in [2.05, 4.69) is 17.3 Å². The lowest BCUT2D eigenvalue weighted by atomic mass is 10.1. The fourth-order valence-electron chi connectivity index (χ4n) is 1.84. The van der Waals surface area contributed by atoms with Crippen LogP contribution < -0.4 is 5.32 Å². The lowest BCUT2D eigenvalue weighted by molar-refractivity contribution is 0.532. The van der Waals surface area contributed by atoms with Crippen LogP contribution in [0.3, 0.4) is 0 Å². The second kappa shape index (κ2) is 5.38. The van der Waals surface area contributed by atoms with Gasteiger partial charge in [-0.2, -0.15) is 5.10 Å². The van der Waals surface area contributed by atoms with Gasteiger partial charge in [-0.1, -0.05) is 6.92 Å². The Kier molecular flexibility index (Phi) is 3.86. The van der Waals surface area contributed by atoms with Gasteiger partial charge in [-0.15, -0.1) is 0 Å². The van der Waals surface area contributed by atoms with Gasteiger partial charge in [0.05, 0.1) is 18.0 Å². The van der Waals surface area contributed by atoms with Crippen molar-refractivity contribution in [2.45, 2.75) is 19.4 Å². The highest BCUT2D eigenvalue weighted by Gasteiger charge is 2.20. The van der Waals surface area contributed by atoms with Gasteiger partial charge >= 0.3 is 0 Å². The molecule has 1 N–H and O–H groups in total. The zero-order chi connectivity index (χ0) is 12.3. The van der Waals surface area contributed by atoms with Crippen LogP contribution in [0.5, 0.6) is 0 Å². The first kappa shape index (κ1) is 12.2. The molecule has 2 rings (SSSR count). The molecule has 0 radical (unpaired) electrons. The number of nitrogens with zero attached hydrogens (tertiary/aromatic N) is 2. The standard InChI is InChI=1S/C12H16ClN3O/c1-3-6-14-11(9-5-8-17-12(9)13)10-4-7-15-16(10)2/h4-5,7-8,11,14H,3,6H2,1-2H3. The molecule has 17 heavy (non-hydrogen) atoms. The smallest absolute Gasteiger partial charge is 0.198 e. The van der Waals surface area contributed by atoms with Gasteiger partial charge in [-0.25, -0.2) is 0 Å². The summed E-state index contributed by atoms with van der Waals surface area (Å²) in [6.07, 6.45) is 4.45. The molecule has 4 nitrogen and oxygen atoms in total. The molecule has 0 saturated heterocycles. The predicted molar refractivity (Wildman–Crippen MR) is 67.1 cm³/mol. The predicted octanol–water partition coefficient (Wildman–Crippen LogP) is 2.76. The molecule has 0 aliphatic carbocycles. The van der Waals surface area contributed by atoms with E-state index in [1.807, 2.05) is 23.9 Å². The number of furan rings is 1. The second-order valence-corrected chi connectivity index (χ2v) is 4.26. The molecule has 0 aliphatic rings. The zero-order valence-electron chi connectivity index (χ0n) is 9.98. The van der Waals surface area contributed by atoms with E-state index in [0.717, 1.165) is 24.2 Å². The third-order valence-electron chi connectivity index (χ3n) is 2.71. The Hall–Kier alpha value is -1.26. The SMILES string of the molecule is CCCNC(c1ccoc1Cl)c1ccnn1C. The number of hydrogen-bond donors (Lipinski definition) is 1. The lowest BCUT2D eigenvalue weighted by Gasteiger charge is -2.17. The van der Waals surface area contributed by atoms with Gasteiger partial charge in [0.25, 0.3) is 0 Å². The summed E-state index contributed by atoms with van der Waals surface area (Å²) >= 11 is 6.05. The average molecular weight is 254 g/mol. The summed E-state index contributed by atoms with van der Waals surface area (Å²) in [7, 11) is 1.92. The van der Waals surface area contributed by atoms with Crippen molar-refractivity contribution < 1.29 is 4.42 Å². The second-order valence-electron chi connectivity index (χ2n) is 3.92. The molecule has 0 spiro atoms. The third-order valence-corrected chi connectivity index (χ3v) is 3.02. The third kappa shape index (κ3) is 2.53. The summed E-state index contributed by atoms with van der Waals surface area (Å²) in [5, 5.41) is 8.07. The van der Waals surface area contributed by atoms with Crippen molar-refractivity contribution in [2.75, 3.05) is 6.54 Å². The first-order valence-electron chi connectivity index (χ1n) is 5.68. The number of hydrogen-bond acceptors (Lipinski definition) is 3. The summed E-state index contributed by atoms with van der Waals surface area (Å²) in [4.78, 5) is 0. The molecule has 1 atom stereocenters. The van der Waals surface area contributed by atoms with Crippen molar-refractivity contribution in [3.63, 3.8) is 0 Å². The van der Waals surface area contributed by atoms with Gasteiger partial charge in [-0.3, -0.25) is 4.68 Å². The Morgan fingerprint density at radius 2 is 2.35 bits per heavy atom. The van der Waals surface area contributed by atoms with Gasteiger partial charge in [-0.05, 0) is 36.7 Å². The highest BCUT2D eigenvalue weighted by Crippen LogP contribution is 2.28. The molecule has 2 heterocycles. The number of rotatable bonds is 5. The minimum absolute atomic E-state index is 0.0219. The van der Waals surface area contributed by atoms with E-state index in [1.54, 1.807) is 12.5 Å². The topological polar surface area (TPSA) is 43.0 Å². The Morgan fingerprint density at radius 1 is 1.53 bits per heavy atom. The van der Waals surface area contributed by atoms with E-state index in [1.165, 1.54) is 0 Å². The van der Waals surface area contributed by atoms with Gasteiger partial charge in [0.2, 0.25) is 0 Å². The Bertz CT molecular complexity index is 437.